The molecule has 1 aliphatic rings. The van der Waals surface area contributed by atoms with Gasteiger partial charge in [0.05, 0.1) is 12.7 Å². The minimum absolute atomic E-state index is 0.113. The summed E-state index contributed by atoms with van der Waals surface area (Å²) in [6.07, 6.45) is 1.77. The van der Waals surface area contributed by atoms with Crippen LogP contribution in [0.2, 0.25) is 0 Å². The second-order valence-electron chi connectivity index (χ2n) is 5.50. The molecule has 0 radical (unpaired) electrons. The van der Waals surface area contributed by atoms with E-state index < -0.39 is 0 Å². The van der Waals surface area contributed by atoms with Crippen LogP contribution in [0.5, 0.6) is 11.5 Å². The molecule has 0 aromatic heterocycles. The van der Waals surface area contributed by atoms with Gasteiger partial charge in [-0.05, 0) is 23.8 Å². The van der Waals surface area contributed by atoms with Gasteiger partial charge in [-0.1, -0.05) is 37.3 Å². The molecule has 0 saturated carbocycles. The lowest BCUT2D eigenvalue weighted by Crippen LogP contribution is -2.06. The van der Waals surface area contributed by atoms with Crippen molar-refractivity contribution in [3.05, 3.63) is 64.7 Å². The summed E-state index contributed by atoms with van der Waals surface area (Å²) in [5, 5.41) is 0. The number of ether oxygens (including phenoxy) is 2. The van der Waals surface area contributed by atoms with Crippen LogP contribution in [0.25, 0.3) is 6.08 Å². The van der Waals surface area contributed by atoms with E-state index in [4.69, 9.17) is 9.47 Å². The highest BCUT2D eigenvalue weighted by atomic mass is 16.6. The Labute approximate surface area is 144 Å². The fraction of sp³-hybridized carbons (Fsp3) is 0.150. The van der Waals surface area contributed by atoms with Crippen molar-refractivity contribution in [2.24, 2.45) is 0 Å². The van der Waals surface area contributed by atoms with Gasteiger partial charge in [0.25, 0.3) is 0 Å². The Morgan fingerprint density at radius 1 is 1.00 bits per heavy atom. The molecule has 0 unspecified atom stereocenters. The lowest BCUT2D eigenvalue weighted by molar-refractivity contribution is -0.134. The molecule has 5 heteroatoms. The van der Waals surface area contributed by atoms with E-state index in [1.165, 1.54) is 13.2 Å². The second kappa shape index (κ2) is 6.73. The number of hydrogen-bond acceptors (Lipinski definition) is 5. The predicted molar refractivity (Wildman–Crippen MR) is 92.0 cm³/mol. The maximum Gasteiger partial charge on any atom is 0.311 e. The number of hydrogen-bond donors (Lipinski definition) is 0. The highest BCUT2D eigenvalue weighted by molar-refractivity contribution is 6.41. The van der Waals surface area contributed by atoms with Crippen molar-refractivity contribution < 1.29 is 23.9 Å². The summed E-state index contributed by atoms with van der Waals surface area (Å²) in [6.45, 7) is 1.70. The summed E-state index contributed by atoms with van der Waals surface area (Å²) in [6, 6.07) is 11.6. The monoisotopic (exact) mass is 336 g/mol. The third-order valence-electron chi connectivity index (χ3n) is 3.92. The molecular weight excluding hydrogens is 320 g/mol. The maximum atomic E-state index is 12.4. The molecule has 2 aromatic carbocycles. The Morgan fingerprint density at radius 3 is 2.20 bits per heavy atom. The van der Waals surface area contributed by atoms with E-state index in [1.807, 2.05) is 0 Å². The SMILES string of the molecule is CCC(=O)Oc1ccc(C=C2C(=O)c3ccccc3C2=O)cc1OC. The van der Waals surface area contributed by atoms with Crippen molar-refractivity contribution in [1.82, 2.24) is 0 Å². The van der Waals surface area contributed by atoms with Gasteiger partial charge in [-0.25, -0.2) is 0 Å². The van der Waals surface area contributed by atoms with E-state index in [0.29, 0.717) is 28.2 Å². The molecule has 0 fully saturated rings. The summed E-state index contributed by atoms with van der Waals surface area (Å²) in [5.74, 6) is -0.307. The molecule has 25 heavy (non-hydrogen) atoms. The average molecular weight is 336 g/mol. The molecular formula is C20H16O5. The van der Waals surface area contributed by atoms with Crippen LogP contribution in [0.1, 0.15) is 39.6 Å². The topological polar surface area (TPSA) is 69.7 Å². The first-order valence-corrected chi connectivity index (χ1v) is 7.84. The summed E-state index contributed by atoms with van der Waals surface area (Å²) in [4.78, 5) is 36.3. The van der Waals surface area contributed by atoms with Crippen molar-refractivity contribution in [1.29, 1.82) is 0 Å². The number of ketones is 2. The van der Waals surface area contributed by atoms with E-state index in [9.17, 15) is 14.4 Å². The zero-order valence-electron chi connectivity index (χ0n) is 13.9. The lowest BCUT2D eigenvalue weighted by atomic mass is 10.1. The molecule has 3 rings (SSSR count). The van der Waals surface area contributed by atoms with E-state index >= 15 is 0 Å². The quantitative estimate of drug-likeness (QED) is 0.370. The molecule has 0 atom stereocenters. The van der Waals surface area contributed by atoms with Crippen LogP contribution >= 0.6 is 0 Å². The number of esters is 1. The summed E-state index contributed by atoms with van der Waals surface area (Å²) in [5.41, 5.74) is 1.55. The average Bonchev–Trinajstić information content (AvgIpc) is 2.88. The molecule has 2 aromatic rings. The van der Waals surface area contributed by atoms with E-state index in [0.717, 1.165) is 0 Å². The van der Waals surface area contributed by atoms with Gasteiger partial charge in [0.2, 0.25) is 0 Å². The molecule has 0 heterocycles. The first kappa shape index (κ1) is 16.6. The molecule has 0 amide bonds. The third-order valence-corrected chi connectivity index (χ3v) is 3.92. The van der Waals surface area contributed by atoms with Gasteiger partial charge in [0.1, 0.15) is 0 Å². The number of methoxy groups -OCH3 is 1. The Hall–Kier alpha value is -3.21. The number of rotatable bonds is 4. The van der Waals surface area contributed by atoms with Crippen molar-refractivity contribution in [2.45, 2.75) is 13.3 Å². The van der Waals surface area contributed by atoms with Crippen LogP contribution in [-0.2, 0) is 4.79 Å². The zero-order valence-corrected chi connectivity index (χ0v) is 13.9. The Balaban J connectivity index is 1.96. The van der Waals surface area contributed by atoms with Crippen LogP contribution in [-0.4, -0.2) is 24.6 Å². The zero-order chi connectivity index (χ0) is 18.0. The van der Waals surface area contributed by atoms with Crippen LogP contribution in [0, 0.1) is 0 Å². The number of Topliss-reactive ketones (excluding diaryl/α,β-unsaturated/α-hetero) is 2. The molecule has 0 saturated heterocycles. The second-order valence-corrected chi connectivity index (χ2v) is 5.50. The predicted octanol–water partition coefficient (Wildman–Crippen LogP) is 3.47. The Bertz CT molecular complexity index is 871. The number of fused-ring (bicyclic) bond motifs is 1. The number of carbonyl (C=O) groups excluding carboxylic acids is 3. The van der Waals surface area contributed by atoms with E-state index in [1.54, 1.807) is 49.4 Å². The van der Waals surface area contributed by atoms with Crippen LogP contribution in [0.3, 0.4) is 0 Å². The minimum Gasteiger partial charge on any atom is -0.493 e. The first-order valence-electron chi connectivity index (χ1n) is 7.84. The number of benzene rings is 2. The molecule has 0 spiro atoms. The molecule has 1 aliphatic carbocycles. The molecule has 5 nitrogen and oxygen atoms in total. The van der Waals surface area contributed by atoms with Crippen molar-refractivity contribution in [2.75, 3.05) is 7.11 Å². The molecule has 0 bridgehead atoms. The van der Waals surface area contributed by atoms with Gasteiger partial charge in [0, 0.05) is 17.5 Å². The number of allylic oxidation sites excluding steroid dienone is 1. The lowest BCUT2D eigenvalue weighted by Gasteiger charge is -2.09. The van der Waals surface area contributed by atoms with Crippen LogP contribution in [0.4, 0.5) is 0 Å². The summed E-state index contributed by atoms with van der Waals surface area (Å²) in [7, 11) is 1.46. The highest BCUT2D eigenvalue weighted by Gasteiger charge is 2.32. The first-order chi connectivity index (χ1) is 12.0. The Kier molecular flexibility index (Phi) is 4.48. The smallest absolute Gasteiger partial charge is 0.311 e. The van der Waals surface area contributed by atoms with Gasteiger partial charge in [-0.2, -0.15) is 0 Å². The normalized spacial score (nSPS) is 12.8. The standard InChI is InChI=1S/C20H16O5/c1-3-18(21)25-16-9-8-12(11-17(16)24-2)10-15-19(22)13-6-4-5-7-14(13)20(15)23/h4-11H,3H2,1-2H3. The van der Waals surface area contributed by atoms with Gasteiger partial charge in [0.15, 0.2) is 23.1 Å². The summed E-state index contributed by atoms with van der Waals surface area (Å²) >= 11 is 0. The van der Waals surface area contributed by atoms with Crippen molar-refractivity contribution >= 4 is 23.6 Å². The largest absolute Gasteiger partial charge is 0.493 e. The minimum atomic E-state index is -0.374. The highest BCUT2D eigenvalue weighted by Crippen LogP contribution is 2.32. The number of carbonyl (C=O) groups is 3. The molecule has 126 valence electrons. The van der Waals surface area contributed by atoms with Crippen LogP contribution in [0.15, 0.2) is 48.0 Å². The van der Waals surface area contributed by atoms with Gasteiger partial charge in [-0.15, -0.1) is 0 Å². The fourth-order valence-corrected chi connectivity index (χ4v) is 2.62. The Morgan fingerprint density at radius 2 is 1.64 bits per heavy atom. The van der Waals surface area contributed by atoms with Crippen LogP contribution < -0.4 is 9.47 Å². The van der Waals surface area contributed by atoms with Gasteiger partial charge >= 0.3 is 5.97 Å². The summed E-state index contributed by atoms with van der Waals surface area (Å²) < 4.78 is 10.4. The van der Waals surface area contributed by atoms with Crippen molar-refractivity contribution in [3.8, 4) is 11.5 Å². The van der Waals surface area contributed by atoms with Gasteiger partial charge in [-0.3, -0.25) is 14.4 Å². The van der Waals surface area contributed by atoms with Gasteiger partial charge < -0.3 is 9.47 Å². The molecule has 0 N–H and O–H groups in total. The fourth-order valence-electron chi connectivity index (χ4n) is 2.62. The van der Waals surface area contributed by atoms with Crippen molar-refractivity contribution in [3.63, 3.8) is 0 Å². The maximum absolute atomic E-state index is 12.4. The molecule has 0 aliphatic heterocycles. The van der Waals surface area contributed by atoms with E-state index in [2.05, 4.69) is 0 Å². The third kappa shape index (κ3) is 3.08. The van der Waals surface area contributed by atoms with E-state index in [-0.39, 0.29) is 29.5 Å².